The van der Waals surface area contributed by atoms with Gasteiger partial charge in [0, 0.05) is 32.2 Å². The van der Waals surface area contributed by atoms with Crippen LogP contribution in [0.25, 0.3) is 21.8 Å². The van der Waals surface area contributed by atoms with E-state index in [2.05, 4.69) is 34.1 Å². The summed E-state index contributed by atoms with van der Waals surface area (Å²) in [4.78, 5) is 25.3. The molecule has 1 atom stereocenters. The average molecular weight is 425 g/mol. The summed E-state index contributed by atoms with van der Waals surface area (Å²) in [6, 6.07) is 23.8. The maximum absolute atomic E-state index is 13.1. The molecule has 6 nitrogen and oxygen atoms in total. The van der Waals surface area contributed by atoms with Crippen LogP contribution in [-0.2, 0) is 18.9 Å². The second-order valence-corrected chi connectivity index (χ2v) is 8.07. The minimum atomic E-state index is -0.138. The molecule has 3 aromatic carbocycles. The van der Waals surface area contributed by atoms with Gasteiger partial charge in [-0.25, -0.2) is 4.79 Å². The SMILES string of the molecule is Cn1c(=O)n(C)c2cc(NC(=O)CC(c3cccc4ccccc34)n3cccc3)ccc21. The van der Waals surface area contributed by atoms with E-state index in [1.807, 2.05) is 60.9 Å². The Kier molecular flexibility index (Phi) is 4.90. The molecule has 0 aliphatic rings. The Bertz CT molecular complexity index is 1490. The van der Waals surface area contributed by atoms with Gasteiger partial charge >= 0.3 is 5.69 Å². The molecule has 32 heavy (non-hydrogen) atoms. The molecule has 0 aliphatic carbocycles. The molecule has 1 unspecified atom stereocenters. The van der Waals surface area contributed by atoms with Gasteiger partial charge in [-0.15, -0.1) is 0 Å². The Labute approximate surface area is 185 Å². The molecule has 0 radical (unpaired) electrons. The zero-order valence-electron chi connectivity index (χ0n) is 18.0. The van der Waals surface area contributed by atoms with E-state index < -0.39 is 0 Å². The number of aryl methyl sites for hydroxylation is 2. The molecule has 0 bridgehead atoms. The monoisotopic (exact) mass is 424 g/mol. The van der Waals surface area contributed by atoms with Gasteiger partial charge < -0.3 is 9.88 Å². The van der Waals surface area contributed by atoms with Crippen molar-refractivity contribution in [3.8, 4) is 0 Å². The number of hydrogen-bond acceptors (Lipinski definition) is 2. The van der Waals surface area contributed by atoms with Crippen molar-refractivity contribution in [2.75, 3.05) is 5.32 Å². The molecule has 5 rings (SSSR count). The molecule has 2 aromatic heterocycles. The van der Waals surface area contributed by atoms with Crippen LogP contribution in [0.3, 0.4) is 0 Å². The molecule has 1 N–H and O–H groups in total. The van der Waals surface area contributed by atoms with Gasteiger partial charge in [0.2, 0.25) is 5.91 Å². The highest BCUT2D eigenvalue weighted by atomic mass is 16.2. The van der Waals surface area contributed by atoms with Gasteiger partial charge in [0.25, 0.3) is 0 Å². The van der Waals surface area contributed by atoms with E-state index in [-0.39, 0.29) is 24.1 Å². The van der Waals surface area contributed by atoms with Crippen LogP contribution in [0.1, 0.15) is 18.0 Å². The van der Waals surface area contributed by atoms with Crippen LogP contribution in [0, 0.1) is 0 Å². The summed E-state index contributed by atoms with van der Waals surface area (Å²) in [5.41, 5.74) is 3.30. The highest BCUT2D eigenvalue weighted by Gasteiger charge is 2.20. The van der Waals surface area contributed by atoms with Crippen LogP contribution in [-0.4, -0.2) is 19.6 Å². The van der Waals surface area contributed by atoms with Gasteiger partial charge in [0.1, 0.15) is 0 Å². The van der Waals surface area contributed by atoms with E-state index >= 15 is 0 Å². The molecule has 1 amide bonds. The zero-order chi connectivity index (χ0) is 22.2. The van der Waals surface area contributed by atoms with Crippen LogP contribution in [0.15, 0.2) is 90.0 Å². The Hall–Kier alpha value is -4.06. The summed E-state index contributed by atoms with van der Waals surface area (Å²) in [6.45, 7) is 0. The van der Waals surface area contributed by atoms with Crippen molar-refractivity contribution in [3.63, 3.8) is 0 Å². The average Bonchev–Trinajstić information content (AvgIpc) is 3.41. The number of carbonyl (C=O) groups is 1. The van der Waals surface area contributed by atoms with E-state index in [4.69, 9.17) is 0 Å². The largest absolute Gasteiger partial charge is 0.346 e. The number of amides is 1. The predicted molar refractivity (Wildman–Crippen MR) is 128 cm³/mol. The minimum absolute atomic E-state index is 0.0862. The van der Waals surface area contributed by atoms with Crippen molar-refractivity contribution in [2.24, 2.45) is 14.1 Å². The first-order valence-corrected chi connectivity index (χ1v) is 10.6. The Balaban J connectivity index is 1.47. The third kappa shape index (κ3) is 3.39. The predicted octanol–water partition coefficient (Wildman–Crippen LogP) is 4.45. The van der Waals surface area contributed by atoms with Gasteiger partial charge in [0.15, 0.2) is 0 Å². The summed E-state index contributed by atoms with van der Waals surface area (Å²) in [6.07, 6.45) is 4.27. The van der Waals surface area contributed by atoms with Crippen LogP contribution < -0.4 is 11.0 Å². The standard InChI is InChI=1S/C26H24N4O2/c1-28-22-13-12-19(16-24(22)29(2)26(28)32)27-25(31)17-23(30-14-5-6-15-30)21-11-7-9-18-8-3-4-10-20(18)21/h3-16,23H,17H2,1-2H3,(H,27,31). The fraction of sp³-hybridized carbons (Fsp3) is 0.154. The van der Waals surface area contributed by atoms with Crippen molar-refractivity contribution in [2.45, 2.75) is 12.5 Å². The Morgan fingerprint density at radius 1 is 0.875 bits per heavy atom. The smallest absolute Gasteiger partial charge is 0.328 e. The topological polar surface area (TPSA) is 61.0 Å². The van der Waals surface area contributed by atoms with E-state index in [0.717, 1.165) is 27.4 Å². The number of carbonyl (C=O) groups excluding carboxylic acids is 1. The quantitative estimate of drug-likeness (QED) is 0.453. The third-order valence-electron chi connectivity index (χ3n) is 6.10. The van der Waals surface area contributed by atoms with Crippen molar-refractivity contribution in [1.29, 1.82) is 0 Å². The summed E-state index contributed by atoms with van der Waals surface area (Å²) in [5, 5.41) is 5.32. The number of benzene rings is 3. The van der Waals surface area contributed by atoms with Gasteiger partial charge in [-0.2, -0.15) is 0 Å². The van der Waals surface area contributed by atoms with Crippen molar-refractivity contribution < 1.29 is 4.79 Å². The lowest BCUT2D eigenvalue weighted by molar-refractivity contribution is -0.116. The van der Waals surface area contributed by atoms with Gasteiger partial charge in [-0.1, -0.05) is 42.5 Å². The van der Waals surface area contributed by atoms with Gasteiger partial charge in [-0.3, -0.25) is 13.9 Å². The molecular weight excluding hydrogens is 400 g/mol. The maximum Gasteiger partial charge on any atom is 0.328 e. The van der Waals surface area contributed by atoms with E-state index in [1.165, 1.54) is 0 Å². The maximum atomic E-state index is 13.1. The van der Waals surface area contributed by atoms with Gasteiger partial charge in [-0.05, 0) is 46.7 Å². The second kappa shape index (κ2) is 7.89. The summed E-state index contributed by atoms with van der Waals surface area (Å²) >= 11 is 0. The van der Waals surface area contributed by atoms with Crippen molar-refractivity contribution in [3.05, 3.63) is 101 Å². The molecule has 0 aliphatic heterocycles. The van der Waals surface area contributed by atoms with Crippen LogP contribution in [0.4, 0.5) is 5.69 Å². The summed E-state index contributed by atoms with van der Waals surface area (Å²) in [7, 11) is 3.48. The Morgan fingerprint density at radius 2 is 1.59 bits per heavy atom. The molecule has 6 heteroatoms. The number of fused-ring (bicyclic) bond motifs is 2. The first-order chi connectivity index (χ1) is 15.5. The highest BCUT2D eigenvalue weighted by Crippen LogP contribution is 2.30. The number of aromatic nitrogens is 3. The van der Waals surface area contributed by atoms with Crippen LogP contribution in [0.5, 0.6) is 0 Å². The van der Waals surface area contributed by atoms with Crippen LogP contribution in [0.2, 0.25) is 0 Å². The fourth-order valence-corrected chi connectivity index (χ4v) is 4.44. The molecule has 0 saturated heterocycles. The van der Waals surface area contributed by atoms with E-state index in [1.54, 1.807) is 23.2 Å². The van der Waals surface area contributed by atoms with Crippen LogP contribution >= 0.6 is 0 Å². The van der Waals surface area contributed by atoms with Crippen molar-refractivity contribution >= 4 is 33.4 Å². The third-order valence-corrected chi connectivity index (χ3v) is 6.10. The zero-order valence-corrected chi connectivity index (χ0v) is 18.0. The molecule has 0 spiro atoms. The van der Waals surface area contributed by atoms with E-state index in [0.29, 0.717) is 5.69 Å². The molecule has 0 saturated carbocycles. The fourth-order valence-electron chi connectivity index (χ4n) is 4.44. The second-order valence-electron chi connectivity index (χ2n) is 8.07. The number of nitrogens with one attached hydrogen (secondary N) is 1. The molecular formula is C26H24N4O2. The van der Waals surface area contributed by atoms with Crippen molar-refractivity contribution in [1.82, 2.24) is 13.7 Å². The molecule has 5 aromatic rings. The minimum Gasteiger partial charge on any atom is -0.346 e. The number of anilines is 1. The first kappa shape index (κ1) is 19.9. The van der Waals surface area contributed by atoms with E-state index in [9.17, 15) is 9.59 Å². The highest BCUT2D eigenvalue weighted by molar-refractivity contribution is 5.94. The normalized spacial score (nSPS) is 12.3. The number of hydrogen-bond donors (Lipinski definition) is 1. The lowest BCUT2D eigenvalue weighted by Crippen LogP contribution is -2.20. The molecule has 160 valence electrons. The Morgan fingerprint density at radius 3 is 2.41 bits per heavy atom. The lowest BCUT2D eigenvalue weighted by Gasteiger charge is -2.21. The number of imidazole rings is 1. The number of rotatable bonds is 5. The lowest BCUT2D eigenvalue weighted by atomic mass is 9.96. The summed E-state index contributed by atoms with van der Waals surface area (Å²) in [5.74, 6) is -0.0862. The molecule has 0 fully saturated rings. The number of nitrogens with zero attached hydrogens (tertiary/aromatic N) is 3. The molecule has 2 heterocycles. The van der Waals surface area contributed by atoms with Gasteiger partial charge in [0.05, 0.1) is 23.5 Å². The first-order valence-electron chi connectivity index (χ1n) is 10.6. The summed E-state index contributed by atoms with van der Waals surface area (Å²) < 4.78 is 5.26.